The first-order chi connectivity index (χ1) is 17.1. The maximum atomic E-state index is 11.4. The molecule has 0 saturated carbocycles. The average Bonchev–Trinajstić information content (AvgIpc) is 2.76. The van der Waals surface area contributed by atoms with Crippen LogP contribution in [0.1, 0.15) is 27.7 Å². The van der Waals surface area contributed by atoms with Gasteiger partial charge in [-0.15, -0.1) is 0 Å². The molecule has 186 valence electrons. The summed E-state index contributed by atoms with van der Waals surface area (Å²) in [5, 5.41) is 0. The van der Waals surface area contributed by atoms with Gasteiger partial charge in [-0.25, -0.2) is 0 Å². The Morgan fingerprint density at radius 1 is 0.528 bits per heavy atom. The van der Waals surface area contributed by atoms with Crippen molar-refractivity contribution in [3.63, 3.8) is 0 Å². The van der Waals surface area contributed by atoms with Crippen molar-refractivity contribution >= 4 is 23.9 Å². The highest BCUT2D eigenvalue weighted by molar-refractivity contribution is 5.75. The largest absolute Gasteiger partial charge is 0.439 e. The summed E-state index contributed by atoms with van der Waals surface area (Å²) in [5.74, 6) is -1.53. The van der Waals surface area contributed by atoms with Crippen molar-refractivity contribution in [2.75, 3.05) is 0 Å². The summed E-state index contributed by atoms with van der Waals surface area (Å²) in [6.07, 6.45) is 0. The lowest BCUT2D eigenvalue weighted by Gasteiger charge is -2.12. The van der Waals surface area contributed by atoms with E-state index in [1.165, 1.54) is 64.1 Å². The van der Waals surface area contributed by atoms with E-state index >= 15 is 0 Å². The summed E-state index contributed by atoms with van der Waals surface area (Å²) in [6, 6.07) is 13.3. The van der Waals surface area contributed by atoms with Crippen LogP contribution in [0.25, 0.3) is 0 Å². The van der Waals surface area contributed by atoms with Crippen molar-refractivity contribution in [2.45, 2.75) is 27.7 Å². The predicted molar refractivity (Wildman–Crippen MR) is 123 cm³/mol. The van der Waals surface area contributed by atoms with E-state index < -0.39 is 23.9 Å². The van der Waals surface area contributed by atoms with Crippen LogP contribution in [0.3, 0.4) is 0 Å². The summed E-state index contributed by atoms with van der Waals surface area (Å²) in [6.45, 7) is 4.85. The van der Waals surface area contributed by atoms with Gasteiger partial charge < -0.3 is 28.4 Å². The SMILES string of the molecule is CC(=O)Oc1ccc(Oc2cccc(Oc3ccc(OC(C)=O)c(OC(C)=O)c3)n2)cc1OC(C)=O. The van der Waals surface area contributed by atoms with Crippen LogP contribution < -0.4 is 28.4 Å². The lowest BCUT2D eigenvalue weighted by Crippen LogP contribution is -2.07. The Hall–Kier alpha value is -4.93. The molecule has 1 aromatic heterocycles. The molecule has 0 amide bonds. The Morgan fingerprint density at radius 2 is 0.889 bits per heavy atom. The van der Waals surface area contributed by atoms with Crippen LogP contribution in [0.5, 0.6) is 46.3 Å². The molecule has 1 heterocycles. The van der Waals surface area contributed by atoms with Crippen LogP contribution in [0.15, 0.2) is 54.6 Å². The van der Waals surface area contributed by atoms with E-state index in [2.05, 4.69) is 4.98 Å². The first-order valence-electron chi connectivity index (χ1n) is 10.4. The number of esters is 4. The van der Waals surface area contributed by atoms with Crippen LogP contribution in [0.2, 0.25) is 0 Å². The Morgan fingerprint density at radius 3 is 1.25 bits per heavy atom. The van der Waals surface area contributed by atoms with Gasteiger partial charge >= 0.3 is 23.9 Å². The van der Waals surface area contributed by atoms with Gasteiger partial charge in [0.05, 0.1) is 0 Å². The molecular formula is C25H21NO10. The van der Waals surface area contributed by atoms with E-state index in [1.807, 2.05) is 0 Å². The van der Waals surface area contributed by atoms with Crippen molar-refractivity contribution in [3.8, 4) is 46.3 Å². The highest BCUT2D eigenvalue weighted by Crippen LogP contribution is 2.36. The molecule has 0 N–H and O–H groups in total. The highest BCUT2D eigenvalue weighted by atomic mass is 16.6. The first-order valence-corrected chi connectivity index (χ1v) is 10.4. The standard InChI is InChI=1S/C25H21NO10/c1-14(27)31-20-10-8-18(12-22(20)33-16(3)29)35-24-6-5-7-25(26-24)36-19-9-11-21(32-15(2)28)23(13-19)34-17(4)30/h5-13H,1-4H3. The van der Waals surface area contributed by atoms with Gasteiger partial charge in [-0.05, 0) is 24.3 Å². The molecule has 11 nitrogen and oxygen atoms in total. The molecule has 11 heteroatoms. The topological polar surface area (TPSA) is 137 Å². The lowest BCUT2D eigenvalue weighted by molar-refractivity contribution is -0.134. The van der Waals surface area contributed by atoms with Crippen LogP contribution in [0.4, 0.5) is 0 Å². The molecule has 0 aliphatic rings. The summed E-state index contributed by atoms with van der Waals surface area (Å²) < 4.78 is 31.7. The molecule has 0 aliphatic heterocycles. The zero-order chi connectivity index (χ0) is 26.2. The number of carbonyl (C=O) groups excluding carboxylic acids is 4. The number of hydrogen-bond donors (Lipinski definition) is 0. The van der Waals surface area contributed by atoms with Gasteiger partial charge in [0.2, 0.25) is 11.8 Å². The molecule has 0 spiro atoms. The van der Waals surface area contributed by atoms with E-state index in [0.717, 1.165) is 0 Å². The van der Waals surface area contributed by atoms with E-state index in [9.17, 15) is 19.2 Å². The van der Waals surface area contributed by atoms with Gasteiger partial charge in [0.25, 0.3) is 0 Å². The zero-order valence-corrected chi connectivity index (χ0v) is 19.7. The maximum absolute atomic E-state index is 11.4. The minimum absolute atomic E-state index is 0.00604. The van der Waals surface area contributed by atoms with Crippen molar-refractivity contribution < 1.29 is 47.6 Å². The number of hydrogen-bond acceptors (Lipinski definition) is 11. The van der Waals surface area contributed by atoms with Crippen molar-refractivity contribution in [1.82, 2.24) is 4.98 Å². The van der Waals surface area contributed by atoms with Crippen LogP contribution in [0, 0.1) is 0 Å². The highest BCUT2D eigenvalue weighted by Gasteiger charge is 2.15. The maximum Gasteiger partial charge on any atom is 0.308 e. The van der Waals surface area contributed by atoms with Gasteiger partial charge in [0.15, 0.2) is 23.0 Å². The van der Waals surface area contributed by atoms with Gasteiger partial charge in [-0.1, -0.05) is 6.07 Å². The van der Waals surface area contributed by atoms with Gasteiger partial charge in [0, 0.05) is 52.0 Å². The van der Waals surface area contributed by atoms with E-state index in [1.54, 1.807) is 18.2 Å². The number of nitrogens with zero attached hydrogens (tertiary/aromatic N) is 1. The normalized spacial score (nSPS) is 10.1. The smallest absolute Gasteiger partial charge is 0.308 e. The molecule has 0 fully saturated rings. The van der Waals surface area contributed by atoms with Crippen LogP contribution in [-0.4, -0.2) is 28.9 Å². The van der Waals surface area contributed by atoms with Crippen molar-refractivity contribution in [1.29, 1.82) is 0 Å². The molecule has 36 heavy (non-hydrogen) atoms. The average molecular weight is 495 g/mol. The number of ether oxygens (including phenoxy) is 6. The fourth-order valence-electron chi connectivity index (χ4n) is 2.80. The number of benzene rings is 2. The molecular weight excluding hydrogens is 474 g/mol. The Bertz CT molecular complexity index is 1220. The molecule has 3 rings (SSSR count). The van der Waals surface area contributed by atoms with Crippen LogP contribution >= 0.6 is 0 Å². The van der Waals surface area contributed by atoms with Gasteiger partial charge in [-0.3, -0.25) is 19.2 Å². The third kappa shape index (κ3) is 7.55. The molecule has 2 aromatic carbocycles. The third-order valence-corrected chi connectivity index (χ3v) is 3.99. The van der Waals surface area contributed by atoms with Crippen molar-refractivity contribution in [3.05, 3.63) is 54.6 Å². The Kier molecular flexibility index (Phi) is 8.18. The summed E-state index contributed by atoms with van der Waals surface area (Å²) in [5.41, 5.74) is 0. The number of aromatic nitrogens is 1. The predicted octanol–water partition coefficient (Wildman–Crippen LogP) is 4.37. The second-order valence-corrected chi connectivity index (χ2v) is 7.11. The Balaban J connectivity index is 1.81. The quantitative estimate of drug-likeness (QED) is 0.325. The second-order valence-electron chi connectivity index (χ2n) is 7.11. The zero-order valence-electron chi connectivity index (χ0n) is 19.7. The minimum Gasteiger partial charge on any atom is -0.439 e. The molecule has 0 saturated heterocycles. The number of rotatable bonds is 8. The van der Waals surface area contributed by atoms with Crippen molar-refractivity contribution in [2.24, 2.45) is 0 Å². The molecule has 0 radical (unpaired) electrons. The number of carbonyl (C=O) groups is 4. The third-order valence-electron chi connectivity index (χ3n) is 3.99. The van der Waals surface area contributed by atoms with Gasteiger partial charge in [0.1, 0.15) is 11.5 Å². The molecule has 0 unspecified atom stereocenters. The minimum atomic E-state index is -0.609. The molecule has 0 aliphatic carbocycles. The summed E-state index contributed by atoms with van der Waals surface area (Å²) >= 11 is 0. The Labute approximate surface area is 205 Å². The van der Waals surface area contributed by atoms with E-state index in [0.29, 0.717) is 0 Å². The van der Waals surface area contributed by atoms with E-state index in [-0.39, 0.29) is 46.3 Å². The van der Waals surface area contributed by atoms with Crippen LogP contribution in [-0.2, 0) is 19.2 Å². The second kappa shape index (κ2) is 11.5. The molecule has 0 bridgehead atoms. The number of pyridine rings is 1. The monoisotopic (exact) mass is 495 g/mol. The molecule has 3 aromatic rings. The summed E-state index contributed by atoms with van der Waals surface area (Å²) in [7, 11) is 0. The fraction of sp³-hybridized carbons (Fsp3) is 0.160. The summed E-state index contributed by atoms with van der Waals surface area (Å²) in [4.78, 5) is 49.7. The molecule has 0 atom stereocenters. The fourth-order valence-corrected chi connectivity index (χ4v) is 2.80. The first kappa shape index (κ1) is 25.7. The van der Waals surface area contributed by atoms with Gasteiger partial charge in [-0.2, -0.15) is 4.98 Å². The van der Waals surface area contributed by atoms with E-state index in [4.69, 9.17) is 28.4 Å². The lowest BCUT2D eigenvalue weighted by atomic mass is 10.3.